The van der Waals surface area contributed by atoms with Gasteiger partial charge < -0.3 is 25.2 Å². The summed E-state index contributed by atoms with van der Waals surface area (Å²) in [6.45, 7) is 11.6. The normalized spacial score (nSPS) is 23.5. The molecule has 0 aromatic heterocycles. The van der Waals surface area contributed by atoms with Gasteiger partial charge in [0.05, 0.1) is 23.9 Å². The number of hydrogen-bond acceptors (Lipinski definition) is 10. The number of piperidine rings is 3. The molecule has 0 spiro atoms. The lowest BCUT2D eigenvalue weighted by molar-refractivity contribution is -0.136. The third-order valence-electron chi connectivity index (χ3n) is 11.2. The van der Waals surface area contributed by atoms with E-state index < -0.39 is 23.8 Å². The van der Waals surface area contributed by atoms with Crippen LogP contribution in [0.5, 0.6) is 5.75 Å². The van der Waals surface area contributed by atoms with Crippen molar-refractivity contribution in [3.63, 3.8) is 0 Å². The first-order valence-electron chi connectivity index (χ1n) is 17.5. The van der Waals surface area contributed by atoms with E-state index in [9.17, 15) is 19.2 Å². The molecule has 2 aromatic rings. The van der Waals surface area contributed by atoms with E-state index in [1.165, 1.54) is 24.1 Å². The first-order valence-corrected chi connectivity index (χ1v) is 17.5. The van der Waals surface area contributed by atoms with Crippen LogP contribution in [0.2, 0.25) is 0 Å². The molecule has 2 aromatic carbocycles. The largest absolute Gasteiger partial charge is 0.495 e. The maximum Gasteiger partial charge on any atom is 0.262 e. The lowest BCUT2D eigenvalue weighted by atomic mass is 9.95. The Kier molecular flexibility index (Phi) is 9.04. The molecule has 1 unspecified atom stereocenters. The molecule has 0 radical (unpaired) electrons. The van der Waals surface area contributed by atoms with Gasteiger partial charge in [0.2, 0.25) is 11.8 Å². The third-order valence-corrected chi connectivity index (χ3v) is 11.2. The van der Waals surface area contributed by atoms with Crippen LogP contribution in [0.15, 0.2) is 30.3 Å². The summed E-state index contributed by atoms with van der Waals surface area (Å²) in [4.78, 5) is 61.5. The van der Waals surface area contributed by atoms with E-state index in [0.717, 1.165) is 88.1 Å². The lowest BCUT2D eigenvalue weighted by Gasteiger charge is -2.44. The molecule has 3 N–H and O–H groups in total. The summed E-state index contributed by atoms with van der Waals surface area (Å²) in [6.07, 6.45) is 4.78. The summed E-state index contributed by atoms with van der Waals surface area (Å²) in [5, 5.41) is 2.25. The van der Waals surface area contributed by atoms with Gasteiger partial charge in [0.25, 0.3) is 11.8 Å². The van der Waals surface area contributed by atoms with Crippen LogP contribution in [-0.4, -0.2) is 116 Å². The highest BCUT2D eigenvalue weighted by molar-refractivity contribution is 6.23. The molecule has 4 fully saturated rings. The van der Waals surface area contributed by atoms with Crippen LogP contribution in [-0.2, 0) is 9.59 Å². The van der Waals surface area contributed by atoms with Gasteiger partial charge in [-0.2, -0.15) is 0 Å². The number of nitrogens with two attached hydrogens (primary N) is 1. The summed E-state index contributed by atoms with van der Waals surface area (Å²) in [5.41, 5.74) is 10.8. The van der Waals surface area contributed by atoms with Crippen LogP contribution in [0.4, 0.5) is 17.1 Å². The number of hydrogen-bond donors (Lipinski definition) is 2. The average Bonchev–Trinajstić information content (AvgIpc) is 3.34. The Morgan fingerprint density at radius 1 is 0.812 bits per heavy atom. The quantitative estimate of drug-likeness (QED) is 0.338. The molecule has 0 aliphatic carbocycles. The molecule has 5 heterocycles. The van der Waals surface area contributed by atoms with Crippen LogP contribution in [0.1, 0.15) is 64.8 Å². The second-order valence-corrected chi connectivity index (χ2v) is 14.0. The van der Waals surface area contributed by atoms with Gasteiger partial charge in [0.15, 0.2) is 0 Å². The Morgan fingerprint density at radius 2 is 1.50 bits per heavy atom. The number of imide groups is 2. The minimum absolute atomic E-state index is 0.113. The number of nitrogens with one attached hydrogen (secondary N) is 1. The number of carbonyl (C=O) groups excluding carboxylic acids is 4. The number of piperazine rings is 1. The molecular weight excluding hydrogens is 610 g/mol. The molecule has 12 nitrogen and oxygen atoms in total. The number of nitrogens with zero attached hydrogens (tertiary/aromatic N) is 5. The highest BCUT2D eigenvalue weighted by Gasteiger charge is 2.45. The second kappa shape index (κ2) is 13.4. The zero-order valence-corrected chi connectivity index (χ0v) is 28.1. The smallest absolute Gasteiger partial charge is 0.262 e. The topological polar surface area (TPSA) is 132 Å². The van der Waals surface area contributed by atoms with Crippen molar-refractivity contribution in [2.24, 2.45) is 5.92 Å². The van der Waals surface area contributed by atoms with Crippen molar-refractivity contribution in [1.82, 2.24) is 20.0 Å². The number of amides is 4. The summed E-state index contributed by atoms with van der Waals surface area (Å²) in [7, 11) is 1.67. The SMILES string of the molecule is COc1cc(N2CCC(N3CCN(CC4CCN(c5ccc6c(c5)C(=O)N(C5CCC(=O)NC5=O)C6=O)CC4)CC3)CC2)c(C)cc1N. The van der Waals surface area contributed by atoms with Crippen molar-refractivity contribution in [1.29, 1.82) is 0 Å². The van der Waals surface area contributed by atoms with Gasteiger partial charge in [0.1, 0.15) is 11.8 Å². The van der Waals surface area contributed by atoms with Crippen LogP contribution in [0.3, 0.4) is 0 Å². The first-order chi connectivity index (χ1) is 23.2. The molecule has 256 valence electrons. The number of fused-ring (bicyclic) bond motifs is 1. The fraction of sp³-hybridized carbons (Fsp3) is 0.556. The monoisotopic (exact) mass is 657 g/mol. The Bertz CT molecular complexity index is 1590. The maximum absolute atomic E-state index is 13.3. The van der Waals surface area contributed by atoms with Crippen LogP contribution < -0.4 is 25.6 Å². The molecule has 5 aliphatic rings. The molecule has 12 heteroatoms. The van der Waals surface area contributed by atoms with E-state index in [2.05, 4.69) is 37.9 Å². The number of rotatable bonds is 7. The van der Waals surface area contributed by atoms with Gasteiger partial charge in [-0.05, 0) is 74.8 Å². The molecule has 48 heavy (non-hydrogen) atoms. The van der Waals surface area contributed by atoms with E-state index >= 15 is 0 Å². The standard InChI is InChI=1S/C36H47N7O5/c1-23-19-29(37)32(48-2)21-31(23)42-13-9-25(10-14-42)41-17-15-39(16-18-41)22-24-7-11-40(12-8-24)26-3-4-27-28(20-26)36(47)43(35(27)46)30-5-6-33(44)38-34(30)45/h3-4,19-21,24-25,30H,5-18,22,37H2,1-2H3,(H,38,44,45). The highest BCUT2D eigenvalue weighted by Crippen LogP contribution is 2.35. The van der Waals surface area contributed by atoms with Crippen molar-refractivity contribution in [2.75, 3.05) is 81.5 Å². The predicted molar refractivity (Wildman–Crippen MR) is 183 cm³/mol. The number of anilines is 3. The molecule has 0 bridgehead atoms. The average molecular weight is 658 g/mol. The van der Waals surface area contributed by atoms with Crippen LogP contribution in [0.25, 0.3) is 0 Å². The minimum atomic E-state index is -0.945. The zero-order chi connectivity index (χ0) is 33.5. The molecule has 1 atom stereocenters. The third kappa shape index (κ3) is 6.23. The summed E-state index contributed by atoms with van der Waals surface area (Å²) in [5.74, 6) is -0.496. The van der Waals surface area contributed by atoms with Crippen molar-refractivity contribution in [3.05, 3.63) is 47.0 Å². The van der Waals surface area contributed by atoms with E-state index in [4.69, 9.17) is 10.5 Å². The van der Waals surface area contributed by atoms with E-state index in [1.54, 1.807) is 19.2 Å². The molecule has 4 amide bonds. The molecule has 4 saturated heterocycles. The summed E-state index contributed by atoms with van der Waals surface area (Å²) in [6, 6.07) is 9.22. The summed E-state index contributed by atoms with van der Waals surface area (Å²) < 4.78 is 5.48. The van der Waals surface area contributed by atoms with Gasteiger partial charge in [-0.3, -0.25) is 34.3 Å². The number of carbonyl (C=O) groups is 4. The van der Waals surface area contributed by atoms with Crippen LogP contribution in [0, 0.1) is 12.8 Å². The van der Waals surface area contributed by atoms with E-state index in [0.29, 0.717) is 28.8 Å². The molecule has 7 rings (SSSR count). The van der Waals surface area contributed by atoms with Crippen molar-refractivity contribution in [3.8, 4) is 5.75 Å². The van der Waals surface area contributed by atoms with E-state index in [-0.39, 0.29) is 18.7 Å². The molecule has 5 aliphatic heterocycles. The number of aryl methyl sites for hydroxylation is 1. The van der Waals surface area contributed by atoms with Crippen molar-refractivity contribution < 1.29 is 23.9 Å². The number of benzene rings is 2. The molecular formula is C36H47N7O5. The van der Waals surface area contributed by atoms with E-state index in [1.807, 2.05) is 12.1 Å². The number of ether oxygens (including phenoxy) is 1. The van der Waals surface area contributed by atoms with Crippen molar-refractivity contribution >= 4 is 40.7 Å². The summed E-state index contributed by atoms with van der Waals surface area (Å²) >= 11 is 0. The number of methoxy groups -OCH3 is 1. The van der Waals surface area contributed by atoms with Gasteiger partial charge in [0, 0.05) is 88.8 Å². The van der Waals surface area contributed by atoms with Gasteiger partial charge in [-0.25, -0.2) is 0 Å². The Balaban J connectivity index is 0.865. The fourth-order valence-electron chi connectivity index (χ4n) is 8.39. The number of nitrogen functional groups attached to an aromatic ring is 1. The fourth-order valence-corrected chi connectivity index (χ4v) is 8.39. The molecule has 0 saturated carbocycles. The Morgan fingerprint density at radius 3 is 2.19 bits per heavy atom. The van der Waals surface area contributed by atoms with Gasteiger partial charge in [-0.15, -0.1) is 0 Å². The Labute approximate surface area is 282 Å². The van der Waals surface area contributed by atoms with Crippen molar-refractivity contribution in [2.45, 2.75) is 57.5 Å². The second-order valence-electron chi connectivity index (χ2n) is 14.0. The predicted octanol–water partition coefficient (Wildman–Crippen LogP) is 2.49. The minimum Gasteiger partial charge on any atom is -0.495 e. The first kappa shape index (κ1) is 32.4. The van der Waals surface area contributed by atoms with Gasteiger partial charge >= 0.3 is 0 Å². The lowest BCUT2D eigenvalue weighted by Crippen LogP contribution is -2.54. The van der Waals surface area contributed by atoms with Crippen LogP contribution >= 0.6 is 0 Å². The Hall–Kier alpha value is -4.16. The maximum atomic E-state index is 13.3. The van der Waals surface area contributed by atoms with Gasteiger partial charge in [-0.1, -0.05) is 0 Å². The zero-order valence-electron chi connectivity index (χ0n) is 28.1. The highest BCUT2D eigenvalue weighted by atomic mass is 16.5.